The van der Waals surface area contributed by atoms with Crippen LogP contribution >= 0.6 is 11.6 Å². The number of nitro groups is 1. The molecule has 0 saturated carbocycles. The summed E-state index contributed by atoms with van der Waals surface area (Å²) in [6.45, 7) is 6.02. The molecule has 0 aliphatic carbocycles. The Labute approximate surface area is 117 Å². The van der Waals surface area contributed by atoms with E-state index in [-0.39, 0.29) is 23.8 Å². The van der Waals surface area contributed by atoms with Gasteiger partial charge in [-0.15, -0.1) is 0 Å². The summed E-state index contributed by atoms with van der Waals surface area (Å²) in [5.41, 5.74) is 0.0951. The van der Waals surface area contributed by atoms with Gasteiger partial charge >= 0.3 is 0 Å². The highest BCUT2D eigenvalue weighted by Gasteiger charge is 2.27. The van der Waals surface area contributed by atoms with Crippen LogP contribution in [0.15, 0.2) is 18.2 Å². The van der Waals surface area contributed by atoms with E-state index in [0.717, 1.165) is 0 Å². The van der Waals surface area contributed by atoms with Crippen LogP contribution in [0.2, 0.25) is 5.02 Å². The van der Waals surface area contributed by atoms with Gasteiger partial charge < -0.3 is 10.4 Å². The van der Waals surface area contributed by atoms with Crippen molar-refractivity contribution in [2.24, 2.45) is 5.41 Å². The van der Waals surface area contributed by atoms with Gasteiger partial charge in [0.15, 0.2) is 0 Å². The molecule has 0 heterocycles. The molecule has 0 aromatic heterocycles. The minimum atomic E-state index is -0.465. The summed E-state index contributed by atoms with van der Waals surface area (Å²) in [6.07, 6.45) is 0.492. The standard InChI is InChI=1S/C13H19ClN2O3/c1-13(2,3)11(7-8-17)15-12-9(14)5-4-6-10(12)16(18)19/h4-6,11,15,17H,7-8H2,1-3H3. The molecule has 0 spiro atoms. The van der Waals surface area contributed by atoms with Crippen molar-refractivity contribution in [3.8, 4) is 0 Å². The Balaban J connectivity index is 3.12. The van der Waals surface area contributed by atoms with E-state index in [0.29, 0.717) is 17.1 Å². The first-order valence-corrected chi connectivity index (χ1v) is 6.45. The summed E-state index contributed by atoms with van der Waals surface area (Å²) in [7, 11) is 0. The Bertz CT molecular complexity index is 458. The molecule has 106 valence electrons. The molecule has 5 nitrogen and oxygen atoms in total. The fourth-order valence-electron chi connectivity index (χ4n) is 1.83. The normalized spacial score (nSPS) is 13.1. The van der Waals surface area contributed by atoms with Gasteiger partial charge in [0.25, 0.3) is 5.69 Å². The van der Waals surface area contributed by atoms with Crippen LogP contribution in [0.1, 0.15) is 27.2 Å². The zero-order chi connectivity index (χ0) is 14.6. The minimum Gasteiger partial charge on any atom is -0.396 e. The summed E-state index contributed by atoms with van der Waals surface area (Å²) < 4.78 is 0. The lowest BCUT2D eigenvalue weighted by atomic mass is 9.84. The molecule has 1 atom stereocenters. The van der Waals surface area contributed by atoms with Crippen LogP contribution in [-0.2, 0) is 0 Å². The molecule has 6 heteroatoms. The number of benzene rings is 1. The summed E-state index contributed by atoms with van der Waals surface area (Å²) in [5, 5.41) is 23.6. The summed E-state index contributed by atoms with van der Waals surface area (Å²) in [6, 6.07) is 4.45. The third-order valence-corrected chi connectivity index (χ3v) is 3.29. The van der Waals surface area contributed by atoms with Crippen LogP contribution in [-0.4, -0.2) is 22.7 Å². The van der Waals surface area contributed by atoms with Crippen molar-refractivity contribution < 1.29 is 10.0 Å². The predicted octanol–water partition coefficient (Wildman–Crippen LogP) is 3.46. The van der Waals surface area contributed by atoms with Gasteiger partial charge in [-0.1, -0.05) is 38.4 Å². The highest BCUT2D eigenvalue weighted by atomic mass is 35.5. The van der Waals surface area contributed by atoms with Gasteiger partial charge in [0.05, 0.1) is 9.95 Å². The van der Waals surface area contributed by atoms with E-state index < -0.39 is 4.92 Å². The molecular formula is C13H19ClN2O3. The van der Waals surface area contributed by atoms with E-state index >= 15 is 0 Å². The van der Waals surface area contributed by atoms with Crippen molar-refractivity contribution in [1.82, 2.24) is 0 Å². The maximum Gasteiger partial charge on any atom is 0.293 e. The molecule has 2 N–H and O–H groups in total. The van der Waals surface area contributed by atoms with Crippen molar-refractivity contribution in [2.75, 3.05) is 11.9 Å². The Kier molecular flexibility index (Phi) is 5.14. The Hall–Kier alpha value is -1.33. The fourth-order valence-corrected chi connectivity index (χ4v) is 2.06. The first-order chi connectivity index (χ1) is 8.77. The van der Waals surface area contributed by atoms with Crippen LogP contribution in [0.4, 0.5) is 11.4 Å². The average molecular weight is 287 g/mol. The lowest BCUT2D eigenvalue weighted by Gasteiger charge is -2.32. The lowest BCUT2D eigenvalue weighted by molar-refractivity contribution is -0.384. The van der Waals surface area contributed by atoms with Gasteiger partial charge in [-0.25, -0.2) is 0 Å². The van der Waals surface area contributed by atoms with E-state index in [1.807, 2.05) is 20.8 Å². The molecule has 1 unspecified atom stereocenters. The molecule has 0 radical (unpaired) electrons. The molecule has 1 aromatic rings. The van der Waals surface area contributed by atoms with Crippen molar-refractivity contribution in [3.63, 3.8) is 0 Å². The summed E-state index contributed by atoms with van der Waals surface area (Å²) >= 11 is 6.04. The Morgan fingerprint density at radius 2 is 2.11 bits per heavy atom. The number of para-hydroxylation sites is 1. The third-order valence-electron chi connectivity index (χ3n) is 2.97. The van der Waals surface area contributed by atoms with Gasteiger partial charge in [-0.3, -0.25) is 10.1 Å². The highest BCUT2D eigenvalue weighted by molar-refractivity contribution is 6.33. The van der Waals surface area contributed by atoms with Crippen molar-refractivity contribution >= 4 is 23.0 Å². The van der Waals surface area contributed by atoms with Crippen LogP contribution in [0.25, 0.3) is 0 Å². The number of nitrogens with one attached hydrogen (secondary N) is 1. The molecule has 1 aromatic carbocycles. The molecule has 0 aliphatic heterocycles. The number of aliphatic hydroxyl groups is 1. The van der Waals surface area contributed by atoms with Crippen molar-refractivity contribution in [1.29, 1.82) is 0 Å². The summed E-state index contributed by atoms with van der Waals surface area (Å²) in [4.78, 5) is 10.6. The first-order valence-electron chi connectivity index (χ1n) is 6.07. The van der Waals surface area contributed by atoms with Gasteiger partial charge in [0.2, 0.25) is 0 Å². The van der Waals surface area contributed by atoms with E-state index in [1.54, 1.807) is 12.1 Å². The predicted molar refractivity (Wildman–Crippen MR) is 76.7 cm³/mol. The number of nitrogens with zero attached hydrogens (tertiary/aromatic N) is 1. The van der Waals surface area contributed by atoms with E-state index in [1.165, 1.54) is 6.07 Å². The zero-order valence-corrected chi connectivity index (χ0v) is 12.1. The maximum absolute atomic E-state index is 11.0. The van der Waals surface area contributed by atoms with Crippen molar-refractivity contribution in [3.05, 3.63) is 33.3 Å². The van der Waals surface area contributed by atoms with Crippen LogP contribution < -0.4 is 5.32 Å². The fraction of sp³-hybridized carbons (Fsp3) is 0.538. The van der Waals surface area contributed by atoms with Gasteiger partial charge in [-0.05, 0) is 17.9 Å². The van der Waals surface area contributed by atoms with E-state index in [4.69, 9.17) is 16.7 Å². The van der Waals surface area contributed by atoms with Crippen LogP contribution in [0, 0.1) is 15.5 Å². The second kappa shape index (κ2) is 6.21. The third kappa shape index (κ3) is 4.08. The summed E-state index contributed by atoms with van der Waals surface area (Å²) in [5.74, 6) is 0. The molecule has 0 fully saturated rings. The highest BCUT2D eigenvalue weighted by Crippen LogP contribution is 2.35. The largest absolute Gasteiger partial charge is 0.396 e. The molecule has 0 aliphatic rings. The van der Waals surface area contributed by atoms with Gasteiger partial charge in [-0.2, -0.15) is 0 Å². The number of hydrogen-bond acceptors (Lipinski definition) is 4. The molecule has 19 heavy (non-hydrogen) atoms. The van der Waals surface area contributed by atoms with Crippen LogP contribution in [0.5, 0.6) is 0 Å². The first kappa shape index (κ1) is 15.7. The SMILES string of the molecule is CC(C)(C)C(CCO)Nc1c(Cl)cccc1[N+](=O)[O-]. The number of anilines is 1. The lowest BCUT2D eigenvalue weighted by Crippen LogP contribution is -2.35. The Morgan fingerprint density at radius 3 is 2.58 bits per heavy atom. The van der Waals surface area contributed by atoms with E-state index in [2.05, 4.69) is 5.32 Å². The van der Waals surface area contributed by atoms with Crippen LogP contribution in [0.3, 0.4) is 0 Å². The molecular weight excluding hydrogens is 268 g/mol. The second-order valence-corrected chi connectivity index (χ2v) is 5.87. The molecule has 0 saturated heterocycles. The average Bonchev–Trinajstić information content (AvgIpc) is 2.29. The quantitative estimate of drug-likeness (QED) is 0.642. The number of halogens is 1. The Morgan fingerprint density at radius 1 is 1.47 bits per heavy atom. The van der Waals surface area contributed by atoms with Gasteiger partial charge in [0, 0.05) is 18.7 Å². The monoisotopic (exact) mass is 286 g/mol. The number of aliphatic hydroxyl groups excluding tert-OH is 1. The number of rotatable bonds is 5. The second-order valence-electron chi connectivity index (χ2n) is 5.47. The minimum absolute atomic E-state index is 0.00713. The molecule has 0 amide bonds. The smallest absolute Gasteiger partial charge is 0.293 e. The molecule has 0 bridgehead atoms. The zero-order valence-electron chi connectivity index (χ0n) is 11.3. The van der Waals surface area contributed by atoms with Crippen molar-refractivity contribution in [2.45, 2.75) is 33.2 Å². The number of hydrogen-bond donors (Lipinski definition) is 2. The topological polar surface area (TPSA) is 75.4 Å². The molecule has 1 rings (SSSR count). The van der Waals surface area contributed by atoms with Gasteiger partial charge in [0.1, 0.15) is 5.69 Å². The number of nitro benzene ring substituents is 1. The van der Waals surface area contributed by atoms with E-state index in [9.17, 15) is 10.1 Å². The maximum atomic E-state index is 11.0.